The van der Waals surface area contributed by atoms with Gasteiger partial charge < -0.3 is 39.4 Å². The number of carbonyl (C=O) groups is 3. The molecule has 194 valence electrons. The van der Waals surface area contributed by atoms with Gasteiger partial charge in [0.2, 0.25) is 5.91 Å². The molecular formula is C23H38N2O9. The molecule has 0 bridgehead atoms. The molecule has 0 radical (unpaired) electrons. The van der Waals surface area contributed by atoms with Crippen LogP contribution in [0.15, 0.2) is 0 Å². The van der Waals surface area contributed by atoms with E-state index < -0.39 is 72.1 Å². The lowest BCUT2D eigenvalue weighted by molar-refractivity contribution is -0.231. The van der Waals surface area contributed by atoms with Crippen molar-refractivity contribution in [2.45, 2.75) is 116 Å². The lowest BCUT2D eigenvalue weighted by Crippen LogP contribution is -2.62. The minimum atomic E-state index is -1.12. The normalized spacial score (nSPS) is 33.2. The highest BCUT2D eigenvalue weighted by molar-refractivity contribution is 5.92. The number of aliphatic carboxylic acids is 1. The van der Waals surface area contributed by atoms with Crippen LogP contribution < -0.4 is 10.6 Å². The van der Waals surface area contributed by atoms with Gasteiger partial charge in [-0.25, -0.2) is 4.79 Å². The van der Waals surface area contributed by atoms with Crippen LogP contribution in [0.5, 0.6) is 0 Å². The summed E-state index contributed by atoms with van der Waals surface area (Å²) < 4.78 is 29.7. The molecule has 3 rings (SSSR count). The van der Waals surface area contributed by atoms with Crippen molar-refractivity contribution >= 4 is 17.8 Å². The Labute approximate surface area is 200 Å². The summed E-state index contributed by atoms with van der Waals surface area (Å²) in [5, 5.41) is 14.8. The number of nitrogens with one attached hydrogen (secondary N) is 2. The Balaban J connectivity index is 1.76. The molecule has 0 saturated carbocycles. The van der Waals surface area contributed by atoms with Gasteiger partial charge in [-0.1, -0.05) is 27.7 Å². The number of fused-ring (bicyclic) bond motifs is 3. The third-order valence-corrected chi connectivity index (χ3v) is 5.98. The molecule has 7 atom stereocenters. The van der Waals surface area contributed by atoms with Crippen molar-refractivity contribution in [3.05, 3.63) is 0 Å². The van der Waals surface area contributed by atoms with Gasteiger partial charge in [0.05, 0.1) is 0 Å². The highest BCUT2D eigenvalue weighted by Gasteiger charge is 2.62. The maximum atomic E-state index is 13.4. The Kier molecular flexibility index (Phi) is 7.64. The zero-order valence-corrected chi connectivity index (χ0v) is 21.1. The summed E-state index contributed by atoms with van der Waals surface area (Å²) in [5.74, 6) is -4.42. The molecule has 11 nitrogen and oxygen atoms in total. The maximum Gasteiger partial charge on any atom is 0.326 e. The van der Waals surface area contributed by atoms with Crippen LogP contribution in [0, 0.1) is 11.8 Å². The van der Waals surface area contributed by atoms with E-state index in [0.717, 1.165) is 0 Å². The minimum absolute atomic E-state index is 0.0646. The van der Waals surface area contributed by atoms with E-state index in [1.807, 2.05) is 13.8 Å². The average molecular weight is 487 g/mol. The molecule has 11 heteroatoms. The van der Waals surface area contributed by atoms with Gasteiger partial charge in [0.15, 0.2) is 24.0 Å². The molecule has 3 aliphatic heterocycles. The second-order valence-corrected chi connectivity index (χ2v) is 10.8. The van der Waals surface area contributed by atoms with E-state index in [9.17, 15) is 19.5 Å². The molecule has 0 unspecified atom stereocenters. The van der Waals surface area contributed by atoms with Crippen molar-refractivity contribution < 1.29 is 43.2 Å². The SMILES string of the molecule is CC(C)C[C@H](NC(=O)[C@H](NC(=O)[C@H]1O[C@H]2OC(C)(C)O[C@@H]2[C@H]2OC(C)(C)O[C@@H]21)C(C)C)C(=O)O. The van der Waals surface area contributed by atoms with Crippen molar-refractivity contribution in [3.8, 4) is 0 Å². The Morgan fingerprint density at radius 1 is 0.853 bits per heavy atom. The Hall–Kier alpha value is -1.79. The molecule has 0 aliphatic carbocycles. The fourth-order valence-electron chi connectivity index (χ4n) is 4.55. The van der Waals surface area contributed by atoms with Crippen LogP contribution in [0.3, 0.4) is 0 Å². The predicted octanol–water partition coefficient (Wildman–Crippen LogP) is 1.14. The number of hydrogen-bond donors (Lipinski definition) is 3. The van der Waals surface area contributed by atoms with Gasteiger partial charge in [0, 0.05) is 0 Å². The molecule has 0 aromatic carbocycles. The lowest BCUT2D eigenvalue weighted by atomic mass is 9.96. The summed E-state index contributed by atoms with van der Waals surface area (Å²) in [7, 11) is 0. The fourth-order valence-corrected chi connectivity index (χ4v) is 4.55. The molecule has 3 N–H and O–H groups in total. The summed E-state index contributed by atoms with van der Waals surface area (Å²) in [6, 6.07) is -2.03. The molecule has 0 spiro atoms. The average Bonchev–Trinajstić information content (AvgIpc) is 3.17. The molecule has 34 heavy (non-hydrogen) atoms. The van der Waals surface area contributed by atoms with Gasteiger partial charge in [0.25, 0.3) is 5.91 Å². The molecule has 0 aromatic heterocycles. The molecule has 3 saturated heterocycles. The minimum Gasteiger partial charge on any atom is -0.480 e. The number of hydrogen-bond acceptors (Lipinski definition) is 8. The van der Waals surface area contributed by atoms with E-state index in [0.29, 0.717) is 0 Å². The predicted molar refractivity (Wildman–Crippen MR) is 118 cm³/mol. The smallest absolute Gasteiger partial charge is 0.326 e. The molecule has 3 aliphatic rings. The van der Waals surface area contributed by atoms with Crippen molar-refractivity contribution in [3.63, 3.8) is 0 Å². The first kappa shape index (κ1) is 26.8. The topological polar surface area (TPSA) is 142 Å². The Bertz CT molecular complexity index is 797. The fraction of sp³-hybridized carbons (Fsp3) is 0.870. The zero-order valence-electron chi connectivity index (χ0n) is 21.1. The summed E-state index contributed by atoms with van der Waals surface area (Å²) in [6.07, 6.45) is -3.67. The number of amides is 2. The standard InChI is InChI=1S/C23H38N2O9/c1-10(2)9-12(20(28)29)24-18(26)13(11(3)4)25-19(27)16-14-15(32-22(5,6)31-14)17-21(30-16)34-23(7,8)33-17/h10-17,21H,9H2,1-8H3,(H,24,26)(H,25,27)(H,28,29)/t12-,13+,14-,15-,16-,17+,21-/m0/s1. The highest BCUT2D eigenvalue weighted by Crippen LogP contribution is 2.44. The summed E-state index contributed by atoms with van der Waals surface area (Å²) in [5.41, 5.74) is 0. The van der Waals surface area contributed by atoms with Gasteiger partial charge in [-0.2, -0.15) is 0 Å². The van der Waals surface area contributed by atoms with Crippen molar-refractivity contribution in [2.24, 2.45) is 11.8 Å². The Morgan fingerprint density at radius 3 is 1.97 bits per heavy atom. The van der Waals surface area contributed by atoms with Gasteiger partial charge >= 0.3 is 5.97 Å². The first-order valence-corrected chi connectivity index (χ1v) is 11.8. The Morgan fingerprint density at radius 2 is 1.41 bits per heavy atom. The molecule has 0 aromatic rings. The van der Waals surface area contributed by atoms with Crippen LogP contribution in [-0.4, -0.2) is 77.3 Å². The van der Waals surface area contributed by atoms with Crippen LogP contribution in [0.1, 0.15) is 61.8 Å². The van der Waals surface area contributed by atoms with E-state index >= 15 is 0 Å². The third kappa shape index (κ3) is 5.88. The lowest BCUT2D eigenvalue weighted by Gasteiger charge is -2.37. The second-order valence-electron chi connectivity index (χ2n) is 10.8. The van der Waals surface area contributed by atoms with Crippen molar-refractivity contribution in [1.29, 1.82) is 0 Å². The van der Waals surface area contributed by atoms with Gasteiger partial charge in [-0.15, -0.1) is 0 Å². The highest BCUT2D eigenvalue weighted by atomic mass is 16.9. The third-order valence-electron chi connectivity index (χ3n) is 5.98. The monoisotopic (exact) mass is 486 g/mol. The maximum absolute atomic E-state index is 13.4. The molecular weight excluding hydrogens is 448 g/mol. The number of carboxylic acid groups (broad SMARTS) is 1. The van der Waals surface area contributed by atoms with Crippen LogP contribution in [0.25, 0.3) is 0 Å². The largest absolute Gasteiger partial charge is 0.480 e. The quantitative estimate of drug-likeness (QED) is 0.460. The van der Waals surface area contributed by atoms with Crippen LogP contribution in [-0.2, 0) is 38.1 Å². The van der Waals surface area contributed by atoms with Gasteiger partial charge in [0.1, 0.15) is 30.4 Å². The number of ether oxygens (including phenoxy) is 5. The molecule has 3 heterocycles. The van der Waals surface area contributed by atoms with E-state index in [4.69, 9.17) is 23.7 Å². The number of carbonyl (C=O) groups excluding carboxylic acids is 2. The number of rotatable bonds is 8. The second kappa shape index (κ2) is 9.69. The van der Waals surface area contributed by atoms with Gasteiger partial charge in [-0.3, -0.25) is 9.59 Å². The summed E-state index contributed by atoms with van der Waals surface area (Å²) in [6.45, 7) is 14.2. The van der Waals surface area contributed by atoms with E-state index in [1.54, 1.807) is 41.5 Å². The van der Waals surface area contributed by atoms with Crippen molar-refractivity contribution in [2.75, 3.05) is 0 Å². The number of carboxylic acids is 1. The zero-order chi connectivity index (χ0) is 25.6. The molecule has 2 amide bonds. The van der Waals surface area contributed by atoms with Gasteiger partial charge in [-0.05, 0) is 46.0 Å². The summed E-state index contributed by atoms with van der Waals surface area (Å²) in [4.78, 5) is 37.9. The van der Waals surface area contributed by atoms with Crippen LogP contribution >= 0.6 is 0 Å². The van der Waals surface area contributed by atoms with Crippen LogP contribution in [0.2, 0.25) is 0 Å². The van der Waals surface area contributed by atoms with E-state index in [1.165, 1.54) is 0 Å². The van der Waals surface area contributed by atoms with E-state index in [2.05, 4.69) is 10.6 Å². The van der Waals surface area contributed by atoms with Crippen molar-refractivity contribution in [1.82, 2.24) is 10.6 Å². The summed E-state index contributed by atoms with van der Waals surface area (Å²) >= 11 is 0. The van der Waals surface area contributed by atoms with Crippen LogP contribution in [0.4, 0.5) is 0 Å². The van der Waals surface area contributed by atoms with E-state index in [-0.39, 0.29) is 18.3 Å². The first-order chi connectivity index (χ1) is 15.6. The molecule has 3 fully saturated rings. The first-order valence-electron chi connectivity index (χ1n) is 11.8.